The summed E-state index contributed by atoms with van der Waals surface area (Å²) in [5, 5.41) is 2.09. The van der Waals surface area contributed by atoms with Gasteiger partial charge in [-0.1, -0.05) is 11.6 Å². The van der Waals surface area contributed by atoms with Crippen LogP contribution >= 0.6 is 22.9 Å². The van der Waals surface area contributed by atoms with Crippen molar-refractivity contribution < 1.29 is 8.42 Å². The Morgan fingerprint density at radius 1 is 1.44 bits per heavy atom. The summed E-state index contributed by atoms with van der Waals surface area (Å²) in [4.78, 5) is 4.76. The Morgan fingerprint density at radius 2 is 2.22 bits per heavy atom. The molecule has 0 saturated heterocycles. The molecule has 2 aromatic heterocycles. The van der Waals surface area contributed by atoms with Crippen molar-refractivity contribution in [2.24, 2.45) is 0 Å². The Balaban J connectivity index is 2.19. The molecule has 0 fully saturated rings. The van der Waals surface area contributed by atoms with Gasteiger partial charge >= 0.3 is 0 Å². The minimum Gasteiger partial charge on any atom is -0.263 e. The molecule has 0 atom stereocenters. The van der Waals surface area contributed by atoms with Crippen molar-refractivity contribution in [3.05, 3.63) is 45.4 Å². The zero-order chi connectivity index (χ0) is 13.2. The maximum absolute atomic E-state index is 12.0. The van der Waals surface area contributed by atoms with Gasteiger partial charge < -0.3 is 0 Å². The Bertz CT molecular complexity index is 653. The van der Waals surface area contributed by atoms with E-state index in [2.05, 4.69) is 9.71 Å². The van der Waals surface area contributed by atoms with Gasteiger partial charge in [-0.05, 0) is 30.0 Å². The van der Waals surface area contributed by atoms with Crippen molar-refractivity contribution in [3.63, 3.8) is 0 Å². The molecular weight excluding hydrogens is 292 g/mol. The van der Waals surface area contributed by atoms with Crippen molar-refractivity contribution in [3.8, 4) is 0 Å². The first-order chi connectivity index (χ1) is 8.50. The lowest BCUT2D eigenvalue weighted by molar-refractivity contribution is 0.581. The second kappa shape index (κ2) is 5.36. The molecule has 0 spiro atoms. The molecule has 7 heteroatoms. The zero-order valence-corrected chi connectivity index (χ0v) is 11.9. The summed E-state index contributed by atoms with van der Waals surface area (Å²) in [7, 11) is -3.62. The van der Waals surface area contributed by atoms with E-state index in [1.165, 1.54) is 29.8 Å². The van der Waals surface area contributed by atoms with Crippen LogP contribution in [-0.4, -0.2) is 13.4 Å². The van der Waals surface area contributed by atoms with Crippen LogP contribution in [0, 0.1) is 6.92 Å². The Labute approximate surface area is 115 Å². The number of nitrogens with one attached hydrogen (secondary N) is 1. The molecule has 1 N–H and O–H groups in total. The number of hydrogen-bond acceptors (Lipinski definition) is 4. The molecule has 2 rings (SSSR count). The Kier molecular flexibility index (Phi) is 4.01. The topological polar surface area (TPSA) is 59.1 Å². The highest BCUT2D eigenvalue weighted by Crippen LogP contribution is 2.20. The van der Waals surface area contributed by atoms with Crippen LogP contribution < -0.4 is 4.72 Å². The van der Waals surface area contributed by atoms with Crippen LogP contribution in [0.3, 0.4) is 0 Å². The fraction of sp³-hybridized carbons (Fsp3) is 0.182. The summed E-state index contributed by atoms with van der Waals surface area (Å²) in [6, 6.07) is 3.40. The summed E-state index contributed by atoms with van der Waals surface area (Å²) in [6.07, 6.45) is 2.69. The monoisotopic (exact) mass is 302 g/mol. The maximum Gasteiger partial charge on any atom is 0.243 e. The van der Waals surface area contributed by atoms with Crippen molar-refractivity contribution in [2.75, 3.05) is 0 Å². The number of aromatic nitrogens is 1. The van der Waals surface area contributed by atoms with Crippen molar-refractivity contribution in [1.82, 2.24) is 9.71 Å². The number of pyridine rings is 1. The first-order valence-electron chi connectivity index (χ1n) is 5.13. The molecule has 0 unspecified atom stereocenters. The van der Waals surface area contributed by atoms with Crippen LogP contribution in [0.1, 0.15) is 10.4 Å². The normalized spacial score (nSPS) is 11.7. The maximum atomic E-state index is 12.0. The van der Waals surface area contributed by atoms with Gasteiger partial charge in [-0.15, -0.1) is 11.3 Å². The van der Waals surface area contributed by atoms with Gasteiger partial charge in [0.05, 0.1) is 5.02 Å². The Morgan fingerprint density at radius 3 is 2.83 bits per heavy atom. The number of rotatable bonds is 4. The molecule has 0 amide bonds. The smallest absolute Gasteiger partial charge is 0.243 e. The van der Waals surface area contributed by atoms with Gasteiger partial charge in [-0.2, -0.15) is 0 Å². The SMILES string of the molecule is Cc1ccsc1CNS(=O)(=O)c1cnccc1Cl. The van der Waals surface area contributed by atoms with E-state index in [0.717, 1.165) is 10.4 Å². The second-order valence-electron chi connectivity index (χ2n) is 3.66. The number of thiophene rings is 1. The number of nitrogens with zero attached hydrogens (tertiary/aromatic N) is 1. The minimum absolute atomic E-state index is 0.000811. The van der Waals surface area contributed by atoms with Gasteiger partial charge in [0.15, 0.2) is 0 Å². The molecule has 2 aromatic rings. The van der Waals surface area contributed by atoms with E-state index < -0.39 is 10.0 Å². The van der Waals surface area contributed by atoms with E-state index in [1.54, 1.807) is 0 Å². The van der Waals surface area contributed by atoms with Crippen LogP contribution in [0.25, 0.3) is 0 Å². The van der Waals surface area contributed by atoms with Crippen molar-refractivity contribution in [2.45, 2.75) is 18.4 Å². The highest BCUT2D eigenvalue weighted by Gasteiger charge is 2.18. The van der Waals surface area contributed by atoms with Gasteiger partial charge in [-0.3, -0.25) is 4.98 Å². The van der Waals surface area contributed by atoms with E-state index in [4.69, 9.17) is 11.6 Å². The van der Waals surface area contributed by atoms with Crippen LogP contribution in [0.5, 0.6) is 0 Å². The van der Waals surface area contributed by atoms with Gasteiger partial charge in [0.25, 0.3) is 0 Å². The standard InChI is InChI=1S/C11H11ClN2O2S2/c1-8-3-5-17-10(8)6-14-18(15,16)11-7-13-4-2-9(11)12/h2-5,7,14H,6H2,1H3. The molecule has 0 aliphatic heterocycles. The van der Waals surface area contributed by atoms with Gasteiger partial charge in [0, 0.05) is 23.8 Å². The van der Waals surface area contributed by atoms with E-state index in [1.807, 2.05) is 18.4 Å². The summed E-state index contributed by atoms with van der Waals surface area (Å²) in [6.45, 7) is 2.20. The molecule has 0 aliphatic rings. The molecule has 18 heavy (non-hydrogen) atoms. The van der Waals surface area contributed by atoms with Gasteiger partial charge in [0.2, 0.25) is 10.0 Å². The van der Waals surface area contributed by atoms with E-state index >= 15 is 0 Å². The third kappa shape index (κ3) is 2.89. The van der Waals surface area contributed by atoms with Crippen LogP contribution in [0.15, 0.2) is 34.8 Å². The zero-order valence-electron chi connectivity index (χ0n) is 9.55. The number of halogens is 1. The average Bonchev–Trinajstić information content (AvgIpc) is 2.73. The fourth-order valence-corrected chi connectivity index (χ4v) is 3.75. The van der Waals surface area contributed by atoms with Crippen LogP contribution in [0.2, 0.25) is 5.02 Å². The van der Waals surface area contributed by atoms with E-state index in [0.29, 0.717) is 0 Å². The highest BCUT2D eigenvalue weighted by molar-refractivity contribution is 7.89. The van der Waals surface area contributed by atoms with Crippen molar-refractivity contribution in [1.29, 1.82) is 0 Å². The molecule has 0 bridgehead atoms. The average molecular weight is 303 g/mol. The predicted molar refractivity (Wildman–Crippen MR) is 72.3 cm³/mol. The molecule has 0 aliphatic carbocycles. The quantitative estimate of drug-likeness (QED) is 0.944. The summed E-state index contributed by atoms with van der Waals surface area (Å²) in [5.74, 6) is 0. The van der Waals surface area contributed by atoms with Crippen molar-refractivity contribution >= 4 is 33.0 Å². The molecule has 0 radical (unpaired) electrons. The predicted octanol–water partition coefficient (Wildman–Crippen LogP) is 2.58. The van der Waals surface area contributed by atoms with E-state index in [9.17, 15) is 8.42 Å². The molecular formula is C11H11ClN2O2S2. The summed E-state index contributed by atoms with van der Waals surface area (Å²) >= 11 is 7.36. The first kappa shape index (κ1) is 13.5. The minimum atomic E-state index is -3.62. The molecule has 4 nitrogen and oxygen atoms in total. The number of hydrogen-bond donors (Lipinski definition) is 1. The molecule has 2 heterocycles. The summed E-state index contributed by atoms with van der Waals surface area (Å²) in [5.41, 5.74) is 1.07. The molecule has 0 aromatic carbocycles. The summed E-state index contributed by atoms with van der Waals surface area (Å²) < 4.78 is 26.6. The fourth-order valence-electron chi connectivity index (χ4n) is 1.38. The van der Waals surface area contributed by atoms with Crippen LogP contribution in [-0.2, 0) is 16.6 Å². The number of aryl methyl sites for hydroxylation is 1. The second-order valence-corrected chi connectivity index (χ2v) is 6.80. The first-order valence-corrected chi connectivity index (χ1v) is 7.87. The molecule has 0 saturated carbocycles. The van der Waals surface area contributed by atoms with Gasteiger partial charge in [0.1, 0.15) is 4.90 Å². The largest absolute Gasteiger partial charge is 0.263 e. The van der Waals surface area contributed by atoms with E-state index in [-0.39, 0.29) is 16.5 Å². The third-order valence-electron chi connectivity index (χ3n) is 2.41. The highest BCUT2D eigenvalue weighted by atomic mass is 35.5. The Hall–Kier alpha value is -0.950. The lowest BCUT2D eigenvalue weighted by atomic mass is 10.3. The van der Waals surface area contributed by atoms with Gasteiger partial charge in [-0.25, -0.2) is 13.1 Å². The lowest BCUT2D eigenvalue weighted by Crippen LogP contribution is -2.23. The van der Waals surface area contributed by atoms with Crippen LogP contribution in [0.4, 0.5) is 0 Å². The number of sulfonamides is 1. The third-order valence-corrected chi connectivity index (χ3v) is 5.31. The molecule has 96 valence electrons. The lowest BCUT2D eigenvalue weighted by Gasteiger charge is -2.07.